The molecule has 1 aromatic heterocycles. The van der Waals surface area contributed by atoms with Crippen LogP contribution in [-0.4, -0.2) is 29.7 Å². The highest BCUT2D eigenvalue weighted by atomic mass is 14.9. The molecule has 3 aliphatic carbocycles. The van der Waals surface area contributed by atoms with Crippen molar-refractivity contribution in [1.29, 1.82) is 0 Å². The van der Waals surface area contributed by atoms with Crippen LogP contribution in [0.4, 0.5) is 5.69 Å². The van der Waals surface area contributed by atoms with Crippen molar-refractivity contribution >= 4 is 16.6 Å². The molecule has 1 fully saturated rings. The van der Waals surface area contributed by atoms with Crippen LogP contribution in [0.25, 0.3) is 10.9 Å². The topological polar surface area (TPSA) is 63.0 Å². The van der Waals surface area contributed by atoms with E-state index in [1.165, 1.54) is 91.3 Å². The molecule has 0 aliphatic heterocycles. The van der Waals surface area contributed by atoms with Crippen LogP contribution in [0.2, 0.25) is 0 Å². The number of fused-ring (bicyclic) bond motifs is 4. The number of nitrogens with one attached hydrogen (secondary N) is 2. The third kappa shape index (κ3) is 5.55. The van der Waals surface area contributed by atoms with Gasteiger partial charge >= 0.3 is 0 Å². The van der Waals surface area contributed by atoms with Crippen LogP contribution in [-0.2, 0) is 12.8 Å². The summed E-state index contributed by atoms with van der Waals surface area (Å²) in [7, 11) is 0. The van der Waals surface area contributed by atoms with Crippen LogP contribution in [0.1, 0.15) is 89.3 Å². The van der Waals surface area contributed by atoms with Gasteiger partial charge in [-0.2, -0.15) is 0 Å². The van der Waals surface area contributed by atoms with Gasteiger partial charge in [-0.3, -0.25) is 4.98 Å². The highest BCUT2D eigenvalue weighted by molar-refractivity contribution is 5.93. The van der Waals surface area contributed by atoms with E-state index in [0.29, 0.717) is 12.0 Å². The smallest absolute Gasteiger partial charge is 0.0726 e. The molecule has 4 N–H and O–H groups in total. The summed E-state index contributed by atoms with van der Waals surface area (Å²) in [5.41, 5.74) is 15.0. The van der Waals surface area contributed by atoms with Crippen molar-refractivity contribution in [3.05, 3.63) is 58.8 Å². The Morgan fingerprint density at radius 1 is 1.06 bits per heavy atom. The number of aryl methyl sites for hydroxylation is 1. The number of rotatable bonds is 10. The largest absolute Gasteiger partial charge is 0.384 e. The molecule has 5 rings (SSSR count). The molecule has 1 saturated carbocycles. The van der Waals surface area contributed by atoms with Gasteiger partial charge < -0.3 is 16.4 Å². The van der Waals surface area contributed by atoms with E-state index in [2.05, 4.69) is 60.9 Å². The summed E-state index contributed by atoms with van der Waals surface area (Å²) in [6.07, 6.45) is 19.3. The van der Waals surface area contributed by atoms with E-state index in [1.807, 2.05) is 0 Å². The molecule has 194 valence electrons. The average molecular weight is 487 g/mol. The predicted molar refractivity (Wildman–Crippen MR) is 154 cm³/mol. The Morgan fingerprint density at radius 3 is 2.67 bits per heavy atom. The quantitative estimate of drug-likeness (QED) is 0.254. The summed E-state index contributed by atoms with van der Waals surface area (Å²) in [5, 5.41) is 8.97. The molecule has 1 aromatic carbocycles. The molecule has 2 unspecified atom stereocenters. The SMILES string of the molecule is CC=C1C2C=C(C)C[C@]1(N)CC(NCCCCCCCNc1c3c(nc4ccccc14)CCCC3)C2. The lowest BCUT2D eigenvalue weighted by atomic mass is 9.63. The average Bonchev–Trinajstić information content (AvgIpc) is 2.86. The number of allylic oxidation sites excluding steroid dienone is 2. The fourth-order valence-corrected chi connectivity index (χ4v) is 7.21. The molecule has 4 heteroatoms. The van der Waals surface area contributed by atoms with Crippen LogP contribution in [0.15, 0.2) is 47.6 Å². The number of unbranched alkanes of at least 4 members (excludes halogenated alkanes) is 4. The lowest BCUT2D eigenvalue weighted by molar-refractivity contribution is 0.262. The van der Waals surface area contributed by atoms with Gasteiger partial charge in [-0.05, 0) is 95.4 Å². The zero-order chi connectivity index (χ0) is 25.0. The molecule has 2 aromatic rings. The number of nitrogens with two attached hydrogens (primary N) is 1. The van der Waals surface area contributed by atoms with Crippen molar-refractivity contribution in [3.8, 4) is 0 Å². The zero-order valence-corrected chi connectivity index (χ0v) is 22.5. The lowest BCUT2D eigenvalue weighted by Gasteiger charge is -2.47. The van der Waals surface area contributed by atoms with E-state index in [0.717, 1.165) is 37.9 Å². The predicted octanol–water partition coefficient (Wildman–Crippen LogP) is 6.84. The molecule has 0 saturated heterocycles. The van der Waals surface area contributed by atoms with Crippen LogP contribution < -0.4 is 16.4 Å². The first-order valence-corrected chi connectivity index (χ1v) is 14.6. The highest BCUT2D eigenvalue weighted by Crippen LogP contribution is 2.44. The first kappa shape index (κ1) is 25.5. The summed E-state index contributed by atoms with van der Waals surface area (Å²) in [5.74, 6) is 0.538. The normalized spacial score (nSPS) is 26.6. The van der Waals surface area contributed by atoms with Crippen LogP contribution >= 0.6 is 0 Å². The molecule has 2 bridgehead atoms. The van der Waals surface area contributed by atoms with Crippen molar-refractivity contribution < 1.29 is 0 Å². The van der Waals surface area contributed by atoms with Gasteiger partial charge in [0.05, 0.1) is 5.52 Å². The van der Waals surface area contributed by atoms with E-state index in [4.69, 9.17) is 10.7 Å². The third-order valence-corrected chi connectivity index (χ3v) is 8.77. The van der Waals surface area contributed by atoms with Crippen molar-refractivity contribution in [1.82, 2.24) is 10.3 Å². The van der Waals surface area contributed by atoms with E-state index in [9.17, 15) is 0 Å². The molecular weight excluding hydrogens is 440 g/mol. The maximum Gasteiger partial charge on any atom is 0.0726 e. The van der Waals surface area contributed by atoms with Gasteiger partial charge in [0.2, 0.25) is 0 Å². The standard InChI is InChI=1S/C32H46N4/c1-3-28-24-19-23(2)21-32(28,33)22-25(20-24)34-17-11-5-4-6-12-18-35-31-26-13-7-9-15-29(26)36-30-16-10-8-14-27(30)31/h3,7,9,13,15,19,24-25,34H,4-6,8,10-12,14,16-18,20-22,33H2,1-2H3,(H,35,36)/t24?,25?,32-/m0/s1. The number of hydrogen-bond donors (Lipinski definition) is 3. The van der Waals surface area contributed by atoms with Gasteiger partial charge in [-0.1, -0.05) is 55.2 Å². The van der Waals surface area contributed by atoms with E-state index >= 15 is 0 Å². The zero-order valence-electron chi connectivity index (χ0n) is 22.5. The van der Waals surface area contributed by atoms with Gasteiger partial charge in [0, 0.05) is 40.8 Å². The Morgan fingerprint density at radius 2 is 1.83 bits per heavy atom. The number of anilines is 1. The highest BCUT2D eigenvalue weighted by Gasteiger charge is 2.43. The number of para-hydroxylation sites is 1. The van der Waals surface area contributed by atoms with E-state index in [-0.39, 0.29) is 5.54 Å². The first-order chi connectivity index (χ1) is 17.6. The van der Waals surface area contributed by atoms with Crippen LogP contribution in [0.5, 0.6) is 0 Å². The molecule has 0 radical (unpaired) electrons. The van der Waals surface area contributed by atoms with Crippen molar-refractivity contribution in [2.75, 3.05) is 18.4 Å². The minimum absolute atomic E-state index is 0.124. The fraction of sp³-hybridized carbons (Fsp3) is 0.594. The Labute approximate surface area is 218 Å². The monoisotopic (exact) mass is 486 g/mol. The Bertz CT molecular complexity index is 1120. The molecular formula is C32H46N4. The van der Waals surface area contributed by atoms with Crippen molar-refractivity contribution in [2.45, 2.75) is 102 Å². The number of aromatic nitrogens is 1. The summed E-state index contributed by atoms with van der Waals surface area (Å²) in [4.78, 5) is 4.97. The van der Waals surface area contributed by atoms with Crippen molar-refractivity contribution in [3.63, 3.8) is 0 Å². The van der Waals surface area contributed by atoms with E-state index in [1.54, 1.807) is 0 Å². The molecule has 0 amide bonds. The van der Waals surface area contributed by atoms with Gasteiger partial charge in [0.1, 0.15) is 0 Å². The number of pyridine rings is 1. The fourth-order valence-electron chi connectivity index (χ4n) is 7.21. The second-order valence-electron chi connectivity index (χ2n) is 11.6. The van der Waals surface area contributed by atoms with Crippen molar-refractivity contribution in [2.24, 2.45) is 11.7 Å². The number of benzene rings is 1. The summed E-state index contributed by atoms with van der Waals surface area (Å²) >= 11 is 0. The van der Waals surface area contributed by atoms with Crippen LogP contribution in [0, 0.1) is 5.92 Å². The molecule has 36 heavy (non-hydrogen) atoms. The summed E-state index contributed by atoms with van der Waals surface area (Å²) < 4.78 is 0. The van der Waals surface area contributed by atoms with Gasteiger partial charge in [0.25, 0.3) is 0 Å². The van der Waals surface area contributed by atoms with Gasteiger partial charge in [-0.15, -0.1) is 0 Å². The second kappa shape index (κ2) is 11.5. The number of hydrogen-bond acceptors (Lipinski definition) is 4. The molecule has 0 spiro atoms. The minimum atomic E-state index is -0.124. The van der Waals surface area contributed by atoms with Gasteiger partial charge in [-0.25, -0.2) is 0 Å². The second-order valence-corrected chi connectivity index (χ2v) is 11.6. The summed E-state index contributed by atoms with van der Waals surface area (Å²) in [6.45, 7) is 6.59. The molecule has 4 nitrogen and oxygen atoms in total. The molecule has 3 aliphatic rings. The Hall–Kier alpha value is -2.17. The first-order valence-electron chi connectivity index (χ1n) is 14.6. The molecule has 3 atom stereocenters. The maximum absolute atomic E-state index is 6.89. The van der Waals surface area contributed by atoms with Gasteiger partial charge in [0.15, 0.2) is 0 Å². The number of nitrogens with zero attached hydrogens (tertiary/aromatic N) is 1. The summed E-state index contributed by atoms with van der Waals surface area (Å²) in [6, 6.07) is 9.19. The van der Waals surface area contributed by atoms with Crippen LogP contribution in [0.3, 0.4) is 0 Å². The Kier molecular flexibility index (Phi) is 8.12. The minimum Gasteiger partial charge on any atom is -0.384 e. The lowest BCUT2D eigenvalue weighted by Crippen LogP contribution is -2.55. The maximum atomic E-state index is 6.89. The van der Waals surface area contributed by atoms with E-state index < -0.39 is 0 Å². The third-order valence-electron chi connectivity index (χ3n) is 8.77. The Balaban J connectivity index is 1.01. The molecule has 1 heterocycles.